The van der Waals surface area contributed by atoms with Crippen molar-refractivity contribution < 1.29 is 14.3 Å². The maximum absolute atomic E-state index is 12.2. The molecule has 0 radical (unpaired) electrons. The summed E-state index contributed by atoms with van der Waals surface area (Å²) in [6.07, 6.45) is -0.530. The highest BCUT2D eigenvalue weighted by atomic mass is 16.5. The second kappa shape index (κ2) is 7.79. The van der Waals surface area contributed by atoms with E-state index in [4.69, 9.17) is 9.47 Å². The van der Waals surface area contributed by atoms with Gasteiger partial charge in [0.25, 0.3) is 5.91 Å². The fraction of sp³-hybridized carbons (Fsp3) is 0.316. The van der Waals surface area contributed by atoms with Crippen LogP contribution in [0.4, 0.5) is 5.69 Å². The molecule has 0 heterocycles. The van der Waals surface area contributed by atoms with Crippen LogP contribution in [-0.4, -0.2) is 19.1 Å². The lowest BCUT2D eigenvalue weighted by Gasteiger charge is -2.15. The van der Waals surface area contributed by atoms with Crippen LogP contribution in [0.5, 0.6) is 5.75 Å². The minimum Gasteiger partial charge on any atom is -0.497 e. The first-order chi connectivity index (χ1) is 11.0. The minimum absolute atomic E-state index is 0.167. The number of amides is 1. The Labute approximate surface area is 137 Å². The summed E-state index contributed by atoms with van der Waals surface area (Å²) in [7, 11) is 1.61. The van der Waals surface area contributed by atoms with Crippen LogP contribution in [-0.2, 0) is 16.1 Å². The van der Waals surface area contributed by atoms with Crippen molar-refractivity contribution >= 4 is 11.6 Å². The third-order valence-electron chi connectivity index (χ3n) is 3.71. The molecule has 1 N–H and O–H groups in total. The fourth-order valence-corrected chi connectivity index (χ4v) is 2.22. The third kappa shape index (κ3) is 4.83. The predicted molar refractivity (Wildman–Crippen MR) is 91.8 cm³/mol. The molecule has 122 valence electrons. The summed E-state index contributed by atoms with van der Waals surface area (Å²) in [4.78, 5) is 12.2. The molecule has 1 atom stereocenters. The molecule has 4 nitrogen and oxygen atoms in total. The van der Waals surface area contributed by atoms with E-state index < -0.39 is 6.10 Å². The second-order valence-corrected chi connectivity index (χ2v) is 5.60. The van der Waals surface area contributed by atoms with Crippen molar-refractivity contribution in [3.05, 3.63) is 59.2 Å². The Balaban J connectivity index is 1.89. The Kier molecular flexibility index (Phi) is 5.77. The Morgan fingerprint density at radius 3 is 2.43 bits per heavy atom. The van der Waals surface area contributed by atoms with Gasteiger partial charge < -0.3 is 14.8 Å². The Bertz CT molecular complexity index is 665. The molecule has 0 bridgehead atoms. The molecule has 1 amide bonds. The Morgan fingerprint density at radius 1 is 1.13 bits per heavy atom. The lowest BCUT2D eigenvalue weighted by atomic mass is 10.1. The molecule has 2 rings (SSSR count). The van der Waals surface area contributed by atoms with Gasteiger partial charge in [-0.15, -0.1) is 0 Å². The summed E-state index contributed by atoms with van der Waals surface area (Å²) in [6.45, 7) is 6.28. The van der Waals surface area contributed by atoms with Crippen molar-refractivity contribution in [1.82, 2.24) is 0 Å². The molecule has 0 aliphatic heterocycles. The molecule has 0 fully saturated rings. The van der Waals surface area contributed by atoms with Crippen molar-refractivity contribution in [2.75, 3.05) is 12.4 Å². The maximum Gasteiger partial charge on any atom is 0.253 e. The zero-order valence-electron chi connectivity index (χ0n) is 14.1. The molecule has 4 heteroatoms. The number of anilines is 1. The lowest BCUT2D eigenvalue weighted by Crippen LogP contribution is -2.27. The lowest BCUT2D eigenvalue weighted by molar-refractivity contribution is -0.127. The summed E-state index contributed by atoms with van der Waals surface area (Å²) in [5, 5.41) is 2.83. The van der Waals surface area contributed by atoms with Gasteiger partial charge in [0.2, 0.25) is 0 Å². The molecule has 23 heavy (non-hydrogen) atoms. The van der Waals surface area contributed by atoms with Gasteiger partial charge in [-0.1, -0.05) is 23.8 Å². The molecule has 2 aromatic carbocycles. The van der Waals surface area contributed by atoms with E-state index in [9.17, 15) is 4.79 Å². The smallest absolute Gasteiger partial charge is 0.253 e. The van der Waals surface area contributed by atoms with E-state index in [1.807, 2.05) is 19.1 Å². The molecular weight excluding hydrogens is 290 g/mol. The van der Waals surface area contributed by atoms with E-state index in [2.05, 4.69) is 18.3 Å². The van der Waals surface area contributed by atoms with Crippen LogP contribution < -0.4 is 10.1 Å². The molecular formula is C19H23NO3. The van der Waals surface area contributed by atoms with Crippen molar-refractivity contribution in [3.63, 3.8) is 0 Å². The van der Waals surface area contributed by atoms with E-state index in [1.165, 1.54) is 11.1 Å². The first kappa shape index (κ1) is 17.0. The first-order valence-corrected chi connectivity index (χ1v) is 7.62. The Morgan fingerprint density at radius 2 is 1.83 bits per heavy atom. The number of carbonyl (C=O) groups is 1. The molecule has 0 saturated heterocycles. The second-order valence-electron chi connectivity index (χ2n) is 5.60. The van der Waals surface area contributed by atoms with E-state index in [0.717, 1.165) is 17.0 Å². The highest BCUT2D eigenvalue weighted by Crippen LogP contribution is 2.16. The molecule has 0 saturated carbocycles. The summed E-state index contributed by atoms with van der Waals surface area (Å²) < 4.78 is 10.8. The quantitative estimate of drug-likeness (QED) is 0.881. The summed E-state index contributed by atoms with van der Waals surface area (Å²) in [5.41, 5.74) is 4.21. The first-order valence-electron chi connectivity index (χ1n) is 7.62. The minimum atomic E-state index is -0.530. The molecule has 2 aromatic rings. The van der Waals surface area contributed by atoms with Crippen molar-refractivity contribution in [1.29, 1.82) is 0 Å². The van der Waals surface area contributed by atoms with Crippen LogP contribution in [0.15, 0.2) is 42.5 Å². The normalized spacial score (nSPS) is 11.8. The van der Waals surface area contributed by atoms with E-state index in [-0.39, 0.29) is 5.91 Å². The van der Waals surface area contributed by atoms with Gasteiger partial charge in [-0.25, -0.2) is 0 Å². The van der Waals surface area contributed by atoms with Gasteiger partial charge in [0.1, 0.15) is 11.9 Å². The van der Waals surface area contributed by atoms with Gasteiger partial charge in [0.15, 0.2) is 0 Å². The highest BCUT2D eigenvalue weighted by molar-refractivity contribution is 5.93. The third-order valence-corrected chi connectivity index (χ3v) is 3.71. The number of aryl methyl sites for hydroxylation is 2. The average Bonchev–Trinajstić information content (AvgIpc) is 2.54. The number of benzene rings is 2. The van der Waals surface area contributed by atoms with Crippen LogP contribution in [0.3, 0.4) is 0 Å². The number of methoxy groups -OCH3 is 1. The largest absolute Gasteiger partial charge is 0.497 e. The van der Waals surface area contributed by atoms with E-state index >= 15 is 0 Å². The van der Waals surface area contributed by atoms with Crippen LogP contribution >= 0.6 is 0 Å². The van der Waals surface area contributed by atoms with Crippen molar-refractivity contribution in [2.45, 2.75) is 33.5 Å². The monoisotopic (exact) mass is 313 g/mol. The van der Waals surface area contributed by atoms with E-state index in [1.54, 1.807) is 38.3 Å². The maximum atomic E-state index is 12.2. The fourth-order valence-electron chi connectivity index (χ4n) is 2.22. The topological polar surface area (TPSA) is 47.6 Å². The molecule has 0 aromatic heterocycles. The van der Waals surface area contributed by atoms with Crippen LogP contribution in [0.2, 0.25) is 0 Å². The van der Waals surface area contributed by atoms with Gasteiger partial charge >= 0.3 is 0 Å². The zero-order chi connectivity index (χ0) is 16.8. The molecule has 1 unspecified atom stereocenters. The predicted octanol–water partition coefficient (Wildman–Crippen LogP) is 3.86. The van der Waals surface area contributed by atoms with Gasteiger partial charge in [-0.05, 0) is 56.2 Å². The number of carbonyl (C=O) groups excluding carboxylic acids is 1. The summed E-state index contributed by atoms with van der Waals surface area (Å²) in [6, 6.07) is 13.4. The molecule has 0 aliphatic carbocycles. The summed E-state index contributed by atoms with van der Waals surface area (Å²) in [5.74, 6) is 0.585. The standard InChI is InChI=1S/C19H23NO3/c1-13-5-6-16(14(2)11-13)12-23-15(3)19(21)20-17-7-9-18(22-4)10-8-17/h5-11,15H,12H2,1-4H3,(H,20,21). The van der Waals surface area contributed by atoms with Crippen LogP contribution in [0.1, 0.15) is 23.6 Å². The van der Waals surface area contributed by atoms with Crippen LogP contribution in [0, 0.1) is 13.8 Å². The van der Waals surface area contributed by atoms with Gasteiger partial charge in [0, 0.05) is 5.69 Å². The zero-order valence-corrected chi connectivity index (χ0v) is 14.1. The number of ether oxygens (including phenoxy) is 2. The van der Waals surface area contributed by atoms with Gasteiger partial charge in [-0.2, -0.15) is 0 Å². The molecule has 0 spiro atoms. The SMILES string of the molecule is COc1ccc(NC(=O)C(C)OCc2ccc(C)cc2C)cc1. The van der Waals surface area contributed by atoms with Gasteiger partial charge in [0.05, 0.1) is 13.7 Å². The van der Waals surface area contributed by atoms with E-state index in [0.29, 0.717) is 6.61 Å². The van der Waals surface area contributed by atoms with Crippen molar-refractivity contribution in [3.8, 4) is 5.75 Å². The average molecular weight is 313 g/mol. The van der Waals surface area contributed by atoms with Crippen molar-refractivity contribution in [2.24, 2.45) is 0 Å². The molecule has 0 aliphatic rings. The summed E-state index contributed by atoms with van der Waals surface area (Å²) >= 11 is 0. The number of hydrogen-bond acceptors (Lipinski definition) is 3. The van der Waals surface area contributed by atoms with Gasteiger partial charge in [-0.3, -0.25) is 4.79 Å². The van der Waals surface area contributed by atoms with Crippen LogP contribution in [0.25, 0.3) is 0 Å². The highest BCUT2D eigenvalue weighted by Gasteiger charge is 2.14. The number of nitrogens with one attached hydrogen (secondary N) is 1. The Hall–Kier alpha value is -2.33. The number of hydrogen-bond donors (Lipinski definition) is 1. The number of rotatable bonds is 6.